The van der Waals surface area contributed by atoms with E-state index in [1.165, 1.54) is 31.2 Å². The average Bonchev–Trinajstić information content (AvgIpc) is 2.74. The van der Waals surface area contributed by atoms with Crippen molar-refractivity contribution in [3.63, 3.8) is 0 Å². The predicted octanol–water partition coefficient (Wildman–Crippen LogP) is 3.35. The van der Waals surface area contributed by atoms with Crippen LogP contribution in [0.3, 0.4) is 0 Å². The van der Waals surface area contributed by atoms with Gasteiger partial charge in [-0.2, -0.15) is 0 Å². The zero-order valence-corrected chi connectivity index (χ0v) is 16.2. The number of piperidine rings is 3. The molecule has 0 unspecified atom stereocenters. The lowest BCUT2D eigenvalue weighted by molar-refractivity contribution is -0.0511. The lowest BCUT2D eigenvalue weighted by Gasteiger charge is -2.55. The number of fused-ring (bicyclic) bond motifs is 4. The van der Waals surface area contributed by atoms with Gasteiger partial charge < -0.3 is 10.6 Å². The summed E-state index contributed by atoms with van der Waals surface area (Å²) in [7, 11) is 0. The Morgan fingerprint density at radius 1 is 1.04 bits per heavy atom. The van der Waals surface area contributed by atoms with Crippen molar-refractivity contribution < 1.29 is 4.79 Å². The van der Waals surface area contributed by atoms with Crippen molar-refractivity contribution in [3.8, 4) is 0 Å². The van der Waals surface area contributed by atoms with E-state index in [4.69, 9.17) is 5.73 Å². The first kappa shape index (κ1) is 17.7. The Labute approximate surface area is 166 Å². The molecule has 2 N–H and O–H groups in total. The molecule has 1 amide bonds. The Kier molecular flexibility index (Phi) is 4.55. The van der Waals surface area contributed by atoms with Crippen molar-refractivity contribution in [2.24, 2.45) is 11.8 Å². The largest absolute Gasteiger partial charge is 0.384 e. The van der Waals surface area contributed by atoms with E-state index in [-0.39, 0.29) is 5.91 Å². The average molecular weight is 377 g/mol. The van der Waals surface area contributed by atoms with Crippen molar-refractivity contribution in [2.75, 3.05) is 25.4 Å². The highest BCUT2D eigenvalue weighted by Crippen LogP contribution is 2.44. The third-order valence-electron chi connectivity index (χ3n) is 6.89. The van der Waals surface area contributed by atoms with Gasteiger partial charge >= 0.3 is 0 Å². The zero-order valence-electron chi connectivity index (χ0n) is 16.2. The molecule has 0 aliphatic carbocycles. The monoisotopic (exact) mass is 376 g/mol. The normalized spacial score (nSPS) is 29.9. The molecule has 5 heteroatoms. The molecule has 0 spiro atoms. The molecule has 5 rings (SSSR count). The molecule has 2 aromatic rings. The maximum absolute atomic E-state index is 13.0. The first-order valence-electron chi connectivity index (χ1n) is 10.5. The number of amides is 1. The van der Waals surface area contributed by atoms with E-state index in [0.717, 1.165) is 19.6 Å². The van der Waals surface area contributed by atoms with Crippen molar-refractivity contribution >= 4 is 11.7 Å². The Morgan fingerprint density at radius 2 is 1.89 bits per heavy atom. The van der Waals surface area contributed by atoms with Crippen LogP contribution >= 0.6 is 0 Å². The van der Waals surface area contributed by atoms with Gasteiger partial charge in [-0.25, -0.2) is 4.98 Å². The third-order valence-corrected chi connectivity index (χ3v) is 6.89. The van der Waals surface area contributed by atoms with Gasteiger partial charge in [-0.1, -0.05) is 30.3 Å². The SMILES string of the molecule is Nc1ccc(C(=O)N2C[C@@H]3C[C@H](C2)[C@@H]2CCC[C@H](c4ccccc4)N2C3)cn1. The van der Waals surface area contributed by atoms with Gasteiger partial charge in [0.15, 0.2) is 0 Å². The Balaban J connectivity index is 1.35. The highest BCUT2D eigenvalue weighted by molar-refractivity contribution is 5.94. The number of anilines is 1. The number of nitrogens with zero attached hydrogens (tertiary/aromatic N) is 3. The summed E-state index contributed by atoms with van der Waals surface area (Å²) in [5.74, 6) is 1.69. The molecule has 0 saturated carbocycles. The van der Waals surface area contributed by atoms with E-state index >= 15 is 0 Å². The van der Waals surface area contributed by atoms with E-state index in [0.29, 0.717) is 35.3 Å². The van der Waals surface area contributed by atoms with Gasteiger partial charge in [0.1, 0.15) is 5.82 Å². The molecule has 28 heavy (non-hydrogen) atoms. The summed E-state index contributed by atoms with van der Waals surface area (Å²) in [5, 5.41) is 0. The van der Waals surface area contributed by atoms with Gasteiger partial charge in [0.05, 0.1) is 5.56 Å². The summed E-state index contributed by atoms with van der Waals surface area (Å²) in [4.78, 5) is 22.0. The van der Waals surface area contributed by atoms with Crippen LogP contribution in [-0.2, 0) is 0 Å². The highest BCUT2D eigenvalue weighted by Gasteiger charge is 2.45. The van der Waals surface area contributed by atoms with Crippen molar-refractivity contribution in [3.05, 3.63) is 59.8 Å². The van der Waals surface area contributed by atoms with Gasteiger partial charge in [0, 0.05) is 37.9 Å². The van der Waals surface area contributed by atoms with Crippen molar-refractivity contribution in [2.45, 2.75) is 37.8 Å². The molecule has 5 nitrogen and oxygen atoms in total. The fourth-order valence-corrected chi connectivity index (χ4v) is 5.72. The van der Waals surface area contributed by atoms with Gasteiger partial charge in [-0.05, 0) is 55.2 Å². The van der Waals surface area contributed by atoms with E-state index in [9.17, 15) is 4.79 Å². The van der Waals surface area contributed by atoms with Gasteiger partial charge in [0.2, 0.25) is 0 Å². The van der Waals surface area contributed by atoms with Crippen LogP contribution in [0.25, 0.3) is 0 Å². The van der Waals surface area contributed by atoms with Crippen molar-refractivity contribution in [1.82, 2.24) is 14.8 Å². The van der Waals surface area contributed by atoms with Crippen LogP contribution in [-0.4, -0.2) is 46.4 Å². The fraction of sp³-hybridized carbons (Fsp3) is 0.478. The molecule has 3 aliphatic heterocycles. The second-order valence-electron chi connectivity index (χ2n) is 8.67. The first-order chi connectivity index (χ1) is 13.7. The first-order valence-corrected chi connectivity index (χ1v) is 10.5. The molecule has 2 bridgehead atoms. The molecular formula is C23H28N4O. The molecule has 1 aromatic carbocycles. The van der Waals surface area contributed by atoms with Crippen LogP contribution in [0.2, 0.25) is 0 Å². The van der Waals surface area contributed by atoms with Crippen LogP contribution in [0.1, 0.15) is 47.6 Å². The van der Waals surface area contributed by atoms with Crippen molar-refractivity contribution in [1.29, 1.82) is 0 Å². The van der Waals surface area contributed by atoms with E-state index < -0.39 is 0 Å². The second kappa shape index (κ2) is 7.21. The maximum atomic E-state index is 13.0. The molecule has 3 fully saturated rings. The fourth-order valence-electron chi connectivity index (χ4n) is 5.72. The molecule has 4 heterocycles. The van der Waals surface area contributed by atoms with Gasteiger partial charge in [-0.15, -0.1) is 0 Å². The molecule has 4 atom stereocenters. The highest BCUT2D eigenvalue weighted by atomic mass is 16.2. The van der Waals surface area contributed by atoms with Crippen LogP contribution in [0.15, 0.2) is 48.7 Å². The lowest BCUT2D eigenvalue weighted by atomic mass is 9.74. The topological polar surface area (TPSA) is 62.5 Å². The number of likely N-dealkylation sites (tertiary alicyclic amines) is 1. The van der Waals surface area contributed by atoms with E-state index in [1.807, 2.05) is 0 Å². The van der Waals surface area contributed by atoms with Gasteiger partial charge in [0.25, 0.3) is 5.91 Å². The van der Waals surface area contributed by atoms with E-state index in [1.54, 1.807) is 18.3 Å². The molecule has 1 aromatic heterocycles. The number of rotatable bonds is 2. The standard InChI is InChI=1S/C23H28N4O/c24-22-10-9-18(12-25-22)23(28)26-13-16-11-19(15-26)21-8-4-7-20(27(21)14-16)17-5-2-1-3-6-17/h1-3,5-6,9-10,12,16,19-21H,4,7-8,11,13-15H2,(H2,24,25)/t16-,19+,20+,21-/m0/s1. The summed E-state index contributed by atoms with van der Waals surface area (Å²) in [6.07, 6.45) is 6.65. The number of aromatic nitrogens is 1. The van der Waals surface area contributed by atoms with Gasteiger partial charge in [-0.3, -0.25) is 9.69 Å². The predicted molar refractivity (Wildman–Crippen MR) is 110 cm³/mol. The third kappa shape index (κ3) is 3.18. The smallest absolute Gasteiger partial charge is 0.255 e. The zero-order chi connectivity index (χ0) is 19.1. The van der Waals surface area contributed by atoms with E-state index in [2.05, 4.69) is 45.1 Å². The minimum absolute atomic E-state index is 0.103. The number of benzene rings is 1. The number of carbonyl (C=O) groups is 1. The Hall–Kier alpha value is -2.40. The number of carbonyl (C=O) groups excluding carboxylic acids is 1. The summed E-state index contributed by atoms with van der Waals surface area (Å²) >= 11 is 0. The molecule has 3 aliphatic rings. The number of nitrogen functional groups attached to an aromatic ring is 1. The summed E-state index contributed by atoms with van der Waals surface area (Å²) in [6, 6.07) is 15.6. The summed E-state index contributed by atoms with van der Waals surface area (Å²) in [5.41, 5.74) is 7.77. The molecule has 0 radical (unpaired) electrons. The molecule has 3 saturated heterocycles. The lowest BCUT2D eigenvalue weighted by Crippen LogP contribution is -2.60. The number of hydrogen-bond acceptors (Lipinski definition) is 4. The Bertz CT molecular complexity index is 837. The quantitative estimate of drug-likeness (QED) is 0.873. The summed E-state index contributed by atoms with van der Waals surface area (Å²) < 4.78 is 0. The van der Waals surface area contributed by atoms with Crippen LogP contribution < -0.4 is 5.73 Å². The maximum Gasteiger partial charge on any atom is 0.255 e. The minimum Gasteiger partial charge on any atom is -0.384 e. The second-order valence-corrected chi connectivity index (χ2v) is 8.67. The molecule has 146 valence electrons. The van der Waals surface area contributed by atoms with Crippen LogP contribution in [0.5, 0.6) is 0 Å². The Morgan fingerprint density at radius 3 is 2.68 bits per heavy atom. The minimum atomic E-state index is 0.103. The van der Waals surface area contributed by atoms with Crippen LogP contribution in [0.4, 0.5) is 5.82 Å². The number of hydrogen-bond donors (Lipinski definition) is 1. The number of nitrogens with two attached hydrogens (primary N) is 1. The number of pyridine rings is 1. The summed E-state index contributed by atoms with van der Waals surface area (Å²) in [6.45, 7) is 2.82. The van der Waals surface area contributed by atoms with Crippen LogP contribution in [0, 0.1) is 11.8 Å². The molecular weight excluding hydrogens is 348 g/mol.